The van der Waals surface area contributed by atoms with Gasteiger partial charge >= 0.3 is 0 Å². The SMILES string of the molecule is CC12CCC(C/C1=N\NC(=O)c1ccccc1Br)C2(C)C. The quantitative estimate of drug-likeness (QED) is 0.791. The van der Waals surface area contributed by atoms with Crippen LogP contribution in [0.15, 0.2) is 33.8 Å². The molecule has 1 amide bonds. The summed E-state index contributed by atoms with van der Waals surface area (Å²) < 4.78 is 0.794. The summed E-state index contributed by atoms with van der Waals surface area (Å²) >= 11 is 3.40. The van der Waals surface area contributed by atoms with E-state index in [1.807, 2.05) is 18.2 Å². The van der Waals surface area contributed by atoms with E-state index < -0.39 is 0 Å². The number of nitrogens with one attached hydrogen (secondary N) is 1. The van der Waals surface area contributed by atoms with Crippen LogP contribution in [0.4, 0.5) is 0 Å². The zero-order chi connectivity index (χ0) is 15.3. The number of nitrogens with zero attached hydrogens (tertiary/aromatic N) is 1. The molecule has 2 saturated carbocycles. The van der Waals surface area contributed by atoms with Crippen molar-refractivity contribution in [3.8, 4) is 0 Å². The number of rotatable bonds is 2. The van der Waals surface area contributed by atoms with Crippen LogP contribution in [0.25, 0.3) is 0 Å². The van der Waals surface area contributed by atoms with E-state index in [0.29, 0.717) is 11.5 Å². The monoisotopic (exact) mass is 348 g/mol. The average molecular weight is 349 g/mol. The third-order valence-corrected chi connectivity index (χ3v) is 6.61. The summed E-state index contributed by atoms with van der Waals surface area (Å²) in [6, 6.07) is 7.41. The molecule has 112 valence electrons. The van der Waals surface area contributed by atoms with Crippen LogP contribution < -0.4 is 5.43 Å². The molecule has 0 aliphatic heterocycles. The van der Waals surface area contributed by atoms with E-state index in [1.54, 1.807) is 6.07 Å². The lowest BCUT2D eigenvalue weighted by molar-refractivity contribution is 0.0953. The van der Waals surface area contributed by atoms with E-state index >= 15 is 0 Å². The van der Waals surface area contributed by atoms with Gasteiger partial charge in [0.1, 0.15) is 0 Å². The van der Waals surface area contributed by atoms with Crippen molar-refractivity contribution in [1.29, 1.82) is 0 Å². The molecule has 21 heavy (non-hydrogen) atoms. The number of carbonyl (C=O) groups excluding carboxylic acids is 1. The van der Waals surface area contributed by atoms with Gasteiger partial charge in [0.05, 0.1) is 5.56 Å². The van der Waals surface area contributed by atoms with E-state index in [1.165, 1.54) is 12.8 Å². The van der Waals surface area contributed by atoms with E-state index in [0.717, 1.165) is 16.6 Å². The van der Waals surface area contributed by atoms with Gasteiger partial charge in [-0.25, -0.2) is 5.43 Å². The van der Waals surface area contributed by atoms with Crippen molar-refractivity contribution < 1.29 is 4.79 Å². The average Bonchev–Trinajstić information content (AvgIpc) is 2.78. The standard InChI is InChI=1S/C17H21BrN2O/c1-16(2)11-8-9-17(16,3)14(10-11)19-20-15(21)12-6-4-5-7-13(12)18/h4-7,11H,8-10H2,1-3H3,(H,20,21)/b19-14+. The maximum absolute atomic E-state index is 12.2. The highest BCUT2D eigenvalue weighted by Gasteiger charge is 2.59. The molecular weight excluding hydrogens is 328 g/mol. The summed E-state index contributed by atoms with van der Waals surface area (Å²) in [5.74, 6) is 0.542. The summed E-state index contributed by atoms with van der Waals surface area (Å²) in [5.41, 5.74) is 4.93. The molecule has 0 heterocycles. The molecule has 0 saturated heterocycles. The lowest BCUT2D eigenvalue weighted by atomic mass is 9.70. The fourth-order valence-electron chi connectivity index (χ4n) is 3.92. The Morgan fingerprint density at radius 2 is 2.05 bits per heavy atom. The topological polar surface area (TPSA) is 41.5 Å². The minimum atomic E-state index is -0.154. The van der Waals surface area contributed by atoms with E-state index in [-0.39, 0.29) is 16.7 Å². The van der Waals surface area contributed by atoms with Crippen LogP contribution in [0.5, 0.6) is 0 Å². The number of amides is 1. The van der Waals surface area contributed by atoms with Gasteiger partial charge in [0.2, 0.25) is 0 Å². The number of hydrogen-bond acceptors (Lipinski definition) is 2. The molecule has 0 radical (unpaired) electrons. The van der Waals surface area contributed by atoms with E-state index in [2.05, 4.69) is 47.2 Å². The fourth-order valence-corrected chi connectivity index (χ4v) is 4.39. The Morgan fingerprint density at radius 1 is 1.33 bits per heavy atom. The first-order chi connectivity index (χ1) is 9.86. The lowest BCUT2D eigenvalue weighted by Crippen LogP contribution is -2.34. The van der Waals surface area contributed by atoms with Crippen molar-refractivity contribution in [3.63, 3.8) is 0 Å². The maximum atomic E-state index is 12.2. The van der Waals surface area contributed by atoms with Gasteiger partial charge < -0.3 is 0 Å². The largest absolute Gasteiger partial charge is 0.272 e. The molecule has 4 heteroatoms. The summed E-state index contributed by atoms with van der Waals surface area (Å²) in [6.45, 7) is 6.97. The van der Waals surface area contributed by atoms with Crippen LogP contribution in [-0.2, 0) is 0 Å². The zero-order valence-electron chi connectivity index (χ0n) is 12.7. The van der Waals surface area contributed by atoms with Gasteiger partial charge in [-0.1, -0.05) is 32.9 Å². The molecular formula is C17H21BrN2O. The number of hydrogen-bond donors (Lipinski definition) is 1. The first-order valence-corrected chi connectivity index (χ1v) is 8.27. The molecule has 2 atom stereocenters. The fraction of sp³-hybridized carbons (Fsp3) is 0.529. The Kier molecular flexibility index (Phi) is 3.47. The highest BCUT2D eigenvalue weighted by atomic mass is 79.9. The smallest absolute Gasteiger partial charge is 0.267 e. The Morgan fingerprint density at radius 3 is 2.62 bits per heavy atom. The molecule has 2 aliphatic rings. The summed E-state index contributed by atoms with van der Waals surface area (Å²) in [5, 5.41) is 4.49. The van der Waals surface area contributed by atoms with Crippen LogP contribution in [0, 0.1) is 16.7 Å². The third-order valence-electron chi connectivity index (χ3n) is 5.92. The zero-order valence-corrected chi connectivity index (χ0v) is 14.3. The minimum absolute atomic E-state index is 0.124. The molecule has 3 rings (SSSR count). The van der Waals surface area contributed by atoms with Crippen LogP contribution >= 0.6 is 15.9 Å². The highest BCUT2D eigenvalue weighted by Crippen LogP contribution is 2.63. The second kappa shape index (κ2) is 4.94. The molecule has 2 fully saturated rings. The van der Waals surface area contributed by atoms with Crippen LogP contribution in [0.2, 0.25) is 0 Å². The lowest BCUT2D eigenvalue weighted by Gasteiger charge is -2.34. The van der Waals surface area contributed by atoms with Gasteiger partial charge in [0.25, 0.3) is 5.91 Å². The van der Waals surface area contributed by atoms with Crippen molar-refractivity contribution >= 4 is 27.5 Å². The van der Waals surface area contributed by atoms with Crippen molar-refractivity contribution in [3.05, 3.63) is 34.3 Å². The van der Waals surface area contributed by atoms with Gasteiger partial charge in [-0.05, 0) is 58.7 Å². The molecule has 2 unspecified atom stereocenters. The number of halogens is 1. The maximum Gasteiger partial charge on any atom is 0.272 e. The molecule has 1 aromatic carbocycles. The van der Waals surface area contributed by atoms with Gasteiger partial charge in [0.15, 0.2) is 0 Å². The van der Waals surface area contributed by atoms with E-state index in [4.69, 9.17) is 0 Å². The number of benzene rings is 1. The molecule has 0 spiro atoms. The van der Waals surface area contributed by atoms with Crippen molar-refractivity contribution in [1.82, 2.24) is 5.43 Å². The number of fused-ring (bicyclic) bond motifs is 2. The second-order valence-electron chi connectivity index (χ2n) is 6.97. The second-order valence-corrected chi connectivity index (χ2v) is 7.83. The highest BCUT2D eigenvalue weighted by molar-refractivity contribution is 9.10. The van der Waals surface area contributed by atoms with Gasteiger partial charge in [-0.2, -0.15) is 5.10 Å². The summed E-state index contributed by atoms with van der Waals surface area (Å²) in [4.78, 5) is 12.2. The number of hydrazone groups is 1. The molecule has 3 nitrogen and oxygen atoms in total. The van der Waals surface area contributed by atoms with Crippen LogP contribution in [0.3, 0.4) is 0 Å². The first kappa shape index (κ1) is 14.8. The van der Waals surface area contributed by atoms with Gasteiger partial charge in [-0.3, -0.25) is 4.79 Å². The minimum Gasteiger partial charge on any atom is -0.267 e. The van der Waals surface area contributed by atoms with Crippen LogP contribution in [-0.4, -0.2) is 11.6 Å². The summed E-state index contributed by atoms with van der Waals surface area (Å²) in [6.07, 6.45) is 3.47. The van der Waals surface area contributed by atoms with Gasteiger partial charge in [0, 0.05) is 15.6 Å². The Bertz CT molecular complexity index is 623. The summed E-state index contributed by atoms with van der Waals surface area (Å²) in [7, 11) is 0. The molecule has 1 aromatic rings. The normalized spacial score (nSPS) is 31.6. The molecule has 0 aromatic heterocycles. The first-order valence-electron chi connectivity index (χ1n) is 7.48. The Balaban J connectivity index is 1.79. The Labute approximate surface area is 134 Å². The molecule has 2 aliphatic carbocycles. The van der Waals surface area contributed by atoms with E-state index in [9.17, 15) is 4.79 Å². The van der Waals surface area contributed by atoms with Crippen molar-refractivity contribution in [2.24, 2.45) is 21.8 Å². The van der Waals surface area contributed by atoms with Crippen LogP contribution in [0.1, 0.15) is 50.4 Å². The van der Waals surface area contributed by atoms with Crippen molar-refractivity contribution in [2.75, 3.05) is 0 Å². The van der Waals surface area contributed by atoms with Crippen molar-refractivity contribution in [2.45, 2.75) is 40.0 Å². The molecule has 1 N–H and O–H groups in total. The Hall–Kier alpha value is -1.16. The number of carbonyl (C=O) groups is 1. The predicted molar refractivity (Wildman–Crippen MR) is 88.3 cm³/mol. The third kappa shape index (κ3) is 2.15. The van der Waals surface area contributed by atoms with Gasteiger partial charge in [-0.15, -0.1) is 0 Å². The predicted octanol–water partition coefficient (Wildman–Crippen LogP) is 4.38. The molecule has 2 bridgehead atoms.